The van der Waals surface area contributed by atoms with Crippen LogP contribution in [0.5, 0.6) is 0 Å². The third kappa shape index (κ3) is 3.71. The molecule has 0 saturated carbocycles. The summed E-state index contributed by atoms with van der Waals surface area (Å²) in [6.07, 6.45) is 0. The maximum absolute atomic E-state index is 12.0. The van der Waals surface area contributed by atoms with Gasteiger partial charge in [-0.1, -0.05) is 11.6 Å². The first-order valence-corrected chi connectivity index (χ1v) is 7.10. The molecule has 2 rings (SSSR count). The molecule has 1 heterocycles. The van der Waals surface area contributed by atoms with Gasteiger partial charge >= 0.3 is 5.97 Å². The maximum Gasteiger partial charge on any atom is 0.347 e. The number of nitrogens with two attached hydrogens (primary N) is 1. The van der Waals surface area contributed by atoms with E-state index in [1.807, 2.05) is 0 Å². The Bertz CT molecular complexity index is 694. The predicted octanol–water partition coefficient (Wildman–Crippen LogP) is 2.32. The molecule has 8 heteroatoms. The van der Waals surface area contributed by atoms with Gasteiger partial charge in [0.1, 0.15) is 9.88 Å². The third-order valence-corrected chi connectivity index (χ3v) is 3.98. The first kappa shape index (κ1) is 15.3. The first-order valence-electron chi connectivity index (χ1n) is 5.90. The number of carboxylic acid groups (broad SMARTS) is 1. The lowest BCUT2D eigenvalue weighted by Gasteiger charge is -2.05. The Balaban J connectivity index is 2.07. The Labute approximate surface area is 129 Å². The molecule has 0 radical (unpaired) electrons. The van der Waals surface area contributed by atoms with E-state index in [1.165, 1.54) is 12.1 Å². The van der Waals surface area contributed by atoms with E-state index in [2.05, 4.69) is 10.3 Å². The lowest BCUT2D eigenvalue weighted by molar-refractivity contribution is 0.0701. The molecule has 0 unspecified atom stereocenters. The van der Waals surface area contributed by atoms with Gasteiger partial charge in [-0.2, -0.15) is 0 Å². The Kier molecular flexibility index (Phi) is 4.44. The summed E-state index contributed by atoms with van der Waals surface area (Å²) in [5.41, 5.74) is 6.79. The van der Waals surface area contributed by atoms with E-state index in [4.69, 9.17) is 22.4 Å². The van der Waals surface area contributed by atoms with Crippen molar-refractivity contribution in [1.82, 2.24) is 10.3 Å². The zero-order chi connectivity index (χ0) is 15.6. The van der Waals surface area contributed by atoms with Crippen LogP contribution in [0.1, 0.15) is 30.7 Å². The molecule has 1 amide bonds. The number of nitrogen functional groups attached to an aromatic ring is 1. The second-order valence-corrected chi connectivity index (χ2v) is 5.80. The van der Waals surface area contributed by atoms with E-state index in [0.29, 0.717) is 27.0 Å². The highest BCUT2D eigenvalue weighted by Crippen LogP contribution is 2.19. The Morgan fingerprint density at radius 2 is 2.14 bits per heavy atom. The largest absolute Gasteiger partial charge is 0.477 e. The molecule has 4 N–H and O–H groups in total. The highest BCUT2D eigenvalue weighted by atomic mass is 35.5. The van der Waals surface area contributed by atoms with Gasteiger partial charge in [0, 0.05) is 16.3 Å². The molecule has 21 heavy (non-hydrogen) atoms. The number of rotatable bonds is 4. The van der Waals surface area contributed by atoms with Crippen molar-refractivity contribution in [2.75, 3.05) is 5.73 Å². The number of hydrogen-bond donors (Lipinski definition) is 3. The quantitative estimate of drug-likeness (QED) is 0.748. The zero-order valence-electron chi connectivity index (χ0n) is 11.0. The third-order valence-electron chi connectivity index (χ3n) is 2.62. The van der Waals surface area contributed by atoms with E-state index < -0.39 is 5.97 Å². The number of nitrogens with one attached hydrogen (secondary N) is 1. The summed E-state index contributed by atoms with van der Waals surface area (Å²) < 4.78 is 0. The van der Waals surface area contributed by atoms with Gasteiger partial charge < -0.3 is 16.2 Å². The molecule has 0 aliphatic rings. The topological polar surface area (TPSA) is 105 Å². The molecule has 110 valence electrons. The molecule has 6 nitrogen and oxygen atoms in total. The molecule has 0 fully saturated rings. The summed E-state index contributed by atoms with van der Waals surface area (Å²) >= 11 is 6.87. The molecular formula is C13H12ClN3O3S. The van der Waals surface area contributed by atoms with Crippen molar-refractivity contribution >= 4 is 40.5 Å². The van der Waals surface area contributed by atoms with Crippen LogP contribution in [-0.2, 0) is 6.54 Å². The van der Waals surface area contributed by atoms with Crippen LogP contribution >= 0.6 is 22.9 Å². The Morgan fingerprint density at radius 3 is 2.71 bits per heavy atom. The lowest BCUT2D eigenvalue weighted by atomic mass is 10.2. The average Bonchev–Trinajstić information content (AvgIpc) is 2.76. The Morgan fingerprint density at radius 1 is 1.43 bits per heavy atom. The minimum absolute atomic E-state index is 0.143. The van der Waals surface area contributed by atoms with Crippen LogP contribution in [0.25, 0.3) is 0 Å². The normalized spacial score (nSPS) is 10.4. The maximum atomic E-state index is 12.0. The molecule has 1 aromatic carbocycles. The van der Waals surface area contributed by atoms with Gasteiger partial charge in [-0.05, 0) is 25.1 Å². The number of aromatic nitrogens is 1. The number of halogens is 1. The number of carbonyl (C=O) groups excluding carboxylic acids is 1. The van der Waals surface area contributed by atoms with Crippen LogP contribution in [0.2, 0.25) is 5.02 Å². The number of amides is 1. The second kappa shape index (κ2) is 6.11. The number of benzene rings is 1. The van der Waals surface area contributed by atoms with E-state index in [1.54, 1.807) is 13.0 Å². The molecule has 0 atom stereocenters. The molecule has 0 bridgehead atoms. The van der Waals surface area contributed by atoms with Gasteiger partial charge in [0.15, 0.2) is 0 Å². The number of anilines is 1. The van der Waals surface area contributed by atoms with Crippen molar-refractivity contribution in [3.63, 3.8) is 0 Å². The van der Waals surface area contributed by atoms with Crippen LogP contribution in [0, 0.1) is 6.92 Å². The van der Waals surface area contributed by atoms with Gasteiger partial charge in [0.2, 0.25) is 0 Å². The van der Waals surface area contributed by atoms with Gasteiger partial charge in [0.05, 0.1) is 12.2 Å². The number of aryl methyl sites for hydroxylation is 1. The minimum atomic E-state index is -1.02. The monoisotopic (exact) mass is 325 g/mol. The number of nitrogens with zero attached hydrogens (tertiary/aromatic N) is 1. The van der Waals surface area contributed by atoms with Crippen molar-refractivity contribution in [2.24, 2.45) is 0 Å². The lowest BCUT2D eigenvalue weighted by Crippen LogP contribution is -2.22. The second-order valence-electron chi connectivity index (χ2n) is 4.28. The fourth-order valence-electron chi connectivity index (χ4n) is 1.73. The average molecular weight is 326 g/mol. The van der Waals surface area contributed by atoms with Gasteiger partial charge in [-0.3, -0.25) is 4.79 Å². The van der Waals surface area contributed by atoms with Crippen molar-refractivity contribution in [2.45, 2.75) is 13.5 Å². The summed E-state index contributed by atoms with van der Waals surface area (Å²) in [7, 11) is 0. The van der Waals surface area contributed by atoms with Crippen molar-refractivity contribution in [3.8, 4) is 0 Å². The number of carboxylic acids is 1. The van der Waals surface area contributed by atoms with Crippen LogP contribution in [0.3, 0.4) is 0 Å². The minimum Gasteiger partial charge on any atom is -0.477 e. The number of thiazole rings is 1. The van der Waals surface area contributed by atoms with E-state index in [-0.39, 0.29) is 17.3 Å². The van der Waals surface area contributed by atoms with Gasteiger partial charge in [-0.25, -0.2) is 9.78 Å². The smallest absolute Gasteiger partial charge is 0.347 e. The fraction of sp³-hybridized carbons (Fsp3) is 0.154. The summed E-state index contributed by atoms with van der Waals surface area (Å²) in [5, 5.41) is 12.5. The molecule has 0 saturated heterocycles. The summed E-state index contributed by atoms with van der Waals surface area (Å²) in [4.78, 5) is 27.2. The number of carbonyl (C=O) groups is 2. The highest BCUT2D eigenvalue weighted by Gasteiger charge is 2.15. The van der Waals surface area contributed by atoms with Crippen LogP contribution in [0.15, 0.2) is 18.2 Å². The summed E-state index contributed by atoms with van der Waals surface area (Å²) in [6, 6.07) is 4.56. The van der Waals surface area contributed by atoms with E-state index in [9.17, 15) is 9.59 Å². The standard InChI is InChI=1S/C13H12ClN3O3S/c1-6-11(13(19)20)21-10(17-6)5-16-12(18)7-2-8(14)4-9(15)3-7/h2-4H,5,15H2,1H3,(H,16,18)(H,19,20). The van der Waals surface area contributed by atoms with Gasteiger partial charge in [-0.15, -0.1) is 11.3 Å². The first-order chi connectivity index (χ1) is 9.86. The zero-order valence-corrected chi connectivity index (χ0v) is 12.6. The van der Waals surface area contributed by atoms with Gasteiger partial charge in [0.25, 0.3) is 5.91 Å². The molecule has 0 spiro atoms. The SMILES string of the molecule is Cc1nc(CNC(=O)c2cc(N)cc(Cl)c2)sc1C(=O)O. The predicted molar refractivity (Wildman–Crippen MR) is 80.8 cm³/mol. The van der Waals surface area contributed by atoms with Crippen molar-refractivity contribution in [3.05, 3.63) is 44.4 Å². The van der Waals surface area contributed by atoms with Crippen LogP contribution < -0.4 is 11.1 Å². The molecule has 0 aliphatic carbocycles. The van der Waals surface area contributed by atoms with E-state index in [0.717, 1.165) is 11.3 Å². The Hall–Kier alpha value is -2.12. The van der Waals surface area contributed by atoms with E-state index >= 15 is 0 Å². The highest BCUT2D eigenvalue weighted by molar-refractivity contribution is 7.13. The van der Waals surface area contributed by atoms with Crippen LogP contribution in [-0.4, -0.2) is 22.0 Å². The van der Waals surface area contributed by atoms with Crippen LogP contribution in [0.4, 0.5) is 5.69 Å². The summed E-state index contributed by atoms with van der Waals surface area (Å²) in [5.74, 6) is -1.38. The molecular weight excluding hydrogens is 314 g/mol. The van der Waals surface area contributed by atoms with Crippen molar-refractivity contribution < 1.29 is 14.7 Å². The molecule has 1 aromatic heterocycles. The molecule has 0 aliphatic heterocycles. The number of hydrogen-bond acceptors (Lipinski definition) is 5. The number of aromatic carboxylic acids is 1. The molecule has 2 aromatic rings. The summed E-state index contributed by atoms with van der Waals surface area (Å²) in [6.45, 7) is 1.76. The van der Waals surface area contributed by atoms with Crippen molar-refractivity contribution in [1.29, 1.82) is 0 Å². The fourth-order valence-corrected chi connectivity index (χ4v) is 2.81.